The molecule has 23 heavy (non-hydrogen) atoms. The van der Waals surface area contributed by atoms with Crippen LogP contribution in [0.15, 0.2) is 17.5 Å². The molecule has 0 aliphatic carbocycles. The molecule has 0 unspecified atom stereocenters. The number of rotatable bonds is 4. The Balaban J connectivity index is 1.75. The number of nitrogens with zero attached hydrogens (tertiary/aromatic N) is 3. The van der Waals surface area contributed by atoms with Crippen LogP contribution in [0.2, 0.25) is 0 Å². The van der Waals surface area contributed by atoms with Crippen LogP contribution in [-0.4, -0.2) is 72.3 Å². The Hall–Kier alpha value is -1.40. The minimum absolute atomic E-state index is 0.117. The Morgan fingerprint density at radius 1 is 1.39 bits per heavy atom. The highest BCUT2D eigenvalue weighted by Crippen LogP contribution is 2.38. The number of hydrogen-bond acceptors (Lipinski definition) is 4. The zero-order valence-corrected chi connectivity index (χ0v) is 14.8. The van der Waals surface area contributed by atoms with Crippen molar-refractivity contribution in [2.24, 2.45) is 0 Å². The zero-order valence-electron chi connectivity index (χ0n) is 14.0. The van der Waals surface area contributed by atoms with Gasteiger partial charge in [-0.25, -0.2) is 0 Å². The molecule has 2 aliphatic heterocycles. The Morgan fingerprint density at radius 3 is 2.91 bits per heavy atom. The number of carbonyl (C=O) groups is 2. The van der Waals surface area contributed by atoms with E-state index in [1.807, 2.05) is 36.5 Å². The molecule has 3 heterocycles. The average molecular weight is 335 g/mol. The third-order valence-electron chi connectivity index (χ3n) is 5.02. The number of thiophene rings is 1. The fourth-order valence-corrected chi connectivity index (χ4v) is 4.49. The number of carbonyl (C=O) groups excluding carboxylic acids is 2. The monoisotopic (exact) mass is 335 g/mol. The minimum atomic E-state index is -0.141. The van der Waals surface area contributed by atoms with Crippen molar-refractivity contribution in [1.29, 1.82) is 0 Å². The van der Waals surface area contributed by atoms with Gasteiger partial charge in [0.05, 0.1) is 10.4 Å². The SMILES string of the molecule is CN(C)CCN1C(=O)CC[C@@]12CCCN(C(=O)c1cccs1)C2. The van der Waals surface area contributed by atoms with E-state index in [2.05, 4.69) is 9.80 Å². The predicted octanol–water partition coefficient (Wildman–Crippen LogP) is 1.91. The van der Waals surface area contributed by atoms with Gasteiger partial charge in [-0.2, -0.15) is 0 Å². The number of likely N-dealkylation sites (tertiary alicyclic amines) is 2. The van der Waals surface area contributed by atoms with Gasteiger partial charge in [-0.15, -0.1) is 11.3 Å². The van der Waals surface area contributed by atoms with Crippen LogP contribution in [0.1, 0.15) is 35.4 Å². The van der Waals surface area contributed by atoms with Crippen LogP contribution in [0, 0.1) is 0 Å². The molecule has 0 aromatic carbocycles. The van der Waals surface area contributed by atoms with Gasteiger partial charge in [-0.3, -0.25) is 9.59 Å². The van der Waals surface area contributed by atoms with E-state index in [1.165, 1.54) is 11.3 Å². The number of likely N-dealkylation sites (N-methyl/N-ethyl adjacent to an activating group) is 1. The van der Waals surface area contributed by atoms with Crippen LogP contribution < -0.4 is 0 Å². The topological polar surface area (TPSA) is 43.9 Å². The summed E-state index contributed by atoms with van der Waals surface area (Å²) in [5.74, 6) is 0.364. The van der Waals surface area contributed by atoms with E-state index in [4.69, 9.17) is 0 Å². The van der Waals surface area contributed by atoms with Crippen LogP contribution >= 0.6 is 11.3 Å². The Morgan fingerprint density at radius 2 is 2.22 bits per heavy atom. The Labute approximate surface area is 141 Å². The number of hydrogen-bond donors (Lipinski definition) is 0. The summed E-state index contributed by atoms with van der Waals surface area (Å²) in [5, 5.41) is 1.94. The number of piperidine rings is 1. The summed E-state index contributed by atoms with van der Waals surface area (Å²) in [6.07, 6.45) is 3.49. The largest absolute Gasteiger partial charge is 0.336 e. The van der Waals surface area contributed by atoms with Crippen LogP contribution in [0.4, 0.5) is 0 Å². The zero-order chi connectivity index (χ0) is 16.4. The highest BCUT2D eigenvalue weighted by molar-refractivity contribution is 7.12. The van der Waals surface area contributed by atoms with Gasteiger partial charge in [0.1, 0.15) is 0 Å². The molecular formula is C17H25N3O2S. The summed E-state index contributed by atoms with van der Waals surface area (Å²) in [7, 11) is 4.06. The van der Waals surface area contributed by atoms with E-state index in [-0.39, 0.29) is 17.4 Å². The molecule has 1 atom stereocenters. The molecule has 1 aromatic rings. The van der Waals surface area contributed by atoms with Gasteiger partial charge >= 0.3 is 0 Å². The fraction of sp³-hybridized carbons (Fsp3) is 0.647. The van der Waals surface area contributed by atoms with Gasteiger partial charge in [0.15, 0.2) is 0 Å². The minimum Gasteiger partial charge on any atom is -0.336 e. The highest BCUT2D eigenvalue weighted by atomic mass is 32.1. The molecule has 2 aliphatic rings. The smallest absolute Gasteiger partial charge is 0.263 e. The Bertz CT molecular complexity index is 572. The van der Waals surface area contributed by atoms with Crippen LogP contribution in [-0.2, 0) is 4.79 Å². The van der Waals surface area contributed by atoms with Gasteiger partial charge in [0.25, 0.3) is 5.91 Å². The summed E-state index contributed by atoms with van der Waals surface area (Å²) in [4.78, 5) is 32.0. The van der Waals surface area contributed by atoms with Crippen molar-refractivity contribution >= 4 is 23.2 Å². The lowest BCUT2D eigenvalue weighted by Gasteiger charge is -2.46. The first-order valence-corrected chi connectivity index (χ1v) is 9.18. The Kier molecular flexibility index (Phi) is 4.73. The van der Waals surface area contributed by atoms with Crippen LogP contribution in [0.3, 0.4) is 0 Å². The van der Waals surface area contributed by atoms with Gasteiger partial charge in [-0.1, -0.05) is 6.07 Å². The third-order valence-corrected chi connectivity index (χ3v) is 5.88. The second-order valence-electron chi connectivity index (χ2n) is 6.88. The molecule has 126 valence electrons. The maximum Gasteiger partial charge on any atom is 0.263 e. The molecule has 5 nitrogen and oxygen atoms in total. The van der Waals surface area contributed by atoms with Crippen LogP contribution in [0.5, 0.6) is 0 Å². The second kappa shape index (κ2) is 6.61. The summed E-state index contributed by atoms with van der Waals surface area (Å²) < 4.78 is 0. The standard InChI is InChI=1S/C17H25N3O2S/c1-18(2)10-11-20-15(21)6-8-17(20)7-4-9-19(13-17)16(22)14-5-3-12-23-14/h3,5,12H,4,6-11,13H2,1-2H3/t17-/m1/s1. The highest BCUT2D eigenvalue weighted by Gasteiger charge is 2.48. The van der Waals surface area contributed by atoms with Crippen molar-refractivity contribution < 1.29 is 9.59 Å². The van der Waals surface area contributed by atoms with Gasteiger partial charge in [0.2, 0.25) is 5.91 Å². The van der Waals surface area contributed by atoms with Crippen molar-refractivity contribution in [3.8, 4) is 0 Å². The van der Waals surface area contributed by atoms with Crippen molar-refractivity contribution in [1.82, 2.24) is 14.7 Å². The molecule has 2 amide bonds. The summed E-state index contributed by atoms with van der Waals surface area (Å²) in [6.45, 7) is 3.11. The molecule has 1 spiro atoms. The fourth-order valence-electron chi connectivity index (χ4n) is 3.80. The molecule has 1 aromatic heterocycles. The average Bonchev–Trinajstić information content (AvgIpc) is 3.15. The summed E-state index contributed by atoms with van der Waals surface area (Å²) in [6, 6.07) is 3.80. The van der Waals surface area contributed by atoms with Gasteiger partial charge in [-0.05, 0) is 44.8 Å². The summed E-state index contributed by atoms with van der Waals surface area (Å²) in [5.41, 5.74) is -0.141. The summed E-state index contributed by atoms with van der Waals surface area (Å²) >= 11 is 1.49. The molecule has 0 radical (unpaired) electrons. The first kappa shape index (κ1) is 16.5. The lowest BCUT2D eigenvalue weighted by atomic mass is 9.86. The molecular weight excluding hydrogens is 310 g/mol. The lowest BCUT2D eigenvalue weighted by molar-refractivity contribution is -0.132. The van der Waals surface area contributed by atoms with E-state index < -0.39 is 0 Å². The maximum absolute atomic E-state index is 12.7. The van der Waals surface area contributed by atoms with E-state index in [0.717, 1.165) is 43.8 Å². The second-order valence-corrected chi connectivity index (χ2v) is 7.83. The van der Waals surface area contributed by atoms with Gasteiger partial charge in [0, 0.05) is 32.6 Å². The van der Waals surface area contributed by atoms with E-state index in [9.17, 15) is 9.59 Å². The number of amides is 2. The van der Waals surface area contributed by atoms with Crippen molar-refractivity contribution in [3.05, 3.63) is 22.4 Å². The van der Waals surface area contributed by atoms with Gasteiger partial charge < -0.3 is 14.7 Å². The molecule has 0 N–H and O–H groups in total. The van der Waals surface area contributed by atoms with E-state index >= 15 is 0 Å². The van der Waals surface area contributed by atoms with Crippen molar-refractivity contribution in [2.45, 2.75) is 31.2 Å². The maximum atomic E-state index is 12.7. The third kappa shape index (κ3) is 3.28. The molecule has 6 heteroatoms. The molecule has 2 saturated heterocycles. The molecule has 2 fully saturated rings. The van der Waals surface area contributed by atoms with E-state index in [0.29, 0.717) is 13.0 Å². The van der Waals surface area contributed by atoms with E-state index in [1.54, 1.807) is 0 Å². The molecule has 0 saturated carbocycles. The predicted molar refractivity (Wildman–Crippen MR) is 91.7 cm³/mol. The van der Waals surface area contributed by atoms with Crippen molar-refractivity contribution in [3.63, 3.8) is 0 Å². The molecule has 3 rings (SSSR count). The van der Waals surface area contributed by atoms with Crippen LogP contribution in [0.25, 0.3) is 0 Å². The normalized spacial score (nSPS) is 24.9. The molecule has 0 bridgehead atoms. The lowest BCUT2D eigenvalue weighted by Crippen LogP contribution is -2.58. The first-order chi connectivity index (χ1) is 11.0. The quantitative estimate of drug-likeness (QED) is 0.844. The first-order valence-electron chi connectivity index (χ1n) is 8.30. The van der Waals surface area contributed by atoms with Crippen molar-refractivity contribution in [2.75, 3.05) is 40.3 Å².